The first-order chi connectivity index (χ1) is 8.24. The van der Waals surface area contributed by atoms with Crippen LogP contribution in [0.1, 0.15) is 12.5 Å². The van der Waals surface area contributed by atoms with E-state index in [0.717, 1.165) is 22.2 Å². The van der Waals surface area contributed by atoms with Crippen LogP contribution in [0.3, 0.4) is 0 Å². The van der Waals surface area contributed by atoms with Crippen molar-refractivity contribution in [3.8, 4) is 5.75 Å². The number of fused-ring (bicyclic) bond motifs is 1. The van der Waals surface area contributed by atoms with Gasteiger partial charge in [-0.25, -0.2) is 4.98 Å². The molecule has 90 valence electrons. The molecule has 0 saturated carbocycles. The fourth-order valence-electron chi connectivity index (χ4n) is 1.61. The third-order valence-electron chi connectivity index (χ3n) is 2.51. The second kappa shape index (κ2) is 5.34. The molecular weight excluding hydrogens is 238 g/mol. The molecule has 1 heterocycles. The number of hydrogen-bond acceptors (Lipinski definition) is 3. The van der Waals surface area contributed by atoms with Gasteiger partial charge in [0.15, 0.2) is 0 Å². The van der Waals surface area contributed by atoms with Crippen LogP contribution in [-0.4, -0.2) is 18.7 Å². The SMILES string of the molecule is CCOCc1cc2ccc(OC)cc2nc1Cl. The van der Waals surface area contributed by atoms with E-state index in [-0.39, 0.29) is 0 Å². The van der Waals surface area contributed by atoms with Crippen LogP contribution < -0.4 is 4.74 Å². The predicted octanol–water partition coefficient (Wildman–Crippen LogP) is 3.43. The van der Waals surface area contributed by atoms with Gasteiger partial charge in [-0.05, 0) is 25.1 Å². The summed E-state index contributed by atoms with van der Waals surface area (Å²) in [7, 11) is 1.63. The molecule has 0 atom stereocenters. The Bertz CT molecular complexity index is 528. The van der Waals surface area contributed by atoms with Gasteiger partial charge in [0.25, 0.3) is 0 Å². The fourth-order valence-corrected chi connectivity index (χ4v) is 1.81. The van der Waals surface area contributed by atoms with Crippen molar-refractivity contribution in [1.29, 1.82) is 0 Å². The number of ether oxygens (including phenoxy) is 2. The first-order valence-electron chi connectivity index (χ1n) is 5.45. The Kier molecular flexibility index (Phi) is 3.82. The molecule has 0 aliphatic carbocycles. The Balaban J connectivity index is 2.43. The summed E-state index contributed by atoms with van der Waals surface area (Å²) in [5.74, 6) is 0.777. The maximum absolute atomic E-state index is 6.10. The Hall–Kier alpha value is -1.32. The third kappa shape index (κ3) is 2.68. The molecule has 0 N–H and O–H groups in total. The zero-order chi connectivity index (χ0) is 12.3. The number of benzene rings is 1. The number of hydrogen-bond donors (Lipinski definition) is 0. The van der Waals surface area contributed by atoms with E-state index >= 15 is 0 Å². The number of aromatic nitrogens is 1. The van der Waals surface area contributed by atoms with Gasteiger partial charge in [0.1, 0.15) is 10.9 Å². The Morgan fingerprint density at radius 1 is 1.29 bits per heavy atom. The van der Waals surface area contributed by atoms with Gasteiger partial charge in [0.2, 0.25) is 0 Å². The molecule has 0 saturated heterocycles. The molecule has 0 bridgehead atoms. The number of halogens is 1. The van der Waals surface area contributed by atoms with Gasteiger partial charge < -0.3 is 9.47 Å². The highest BCUT2D eigenvalue weighted by Crippen LogP contribution is 2.24. The van der Waals surface area contributed by atoms with E-state index in [9.17, 15) is 0 Å². The van der Waals surface area contributed by atoms with Crippen molar-refractivity contribution in [1.82, 2.24) is 4.98 Å². The van der Waals surface area contributed by atoms with Crippen molar-refractivity contribution in [2.45, 2.75) is 13.5 Å². The minimum atomic E-state index is 0.485. The molecule has 3 nitrogen and oxygen atoms in total. The number of pyridine rings is 1. The van der Waals surface area contributed by atoms with Crippen molar-refractivity contribution in [2.75, 3.05) is 13.7 Å². The lowest BCUT2D eigenvalue weighted by Crippen LogP contribution is -1.95. The lowest BCUT2D eigenvalue weighted by atomic mass is 10.1. The molecule has 0 aliphatic heterocycles. The lowest BCUT2D eigenvalue weighted by molar-refractivity contribution is 0.134. The summed E-state index contributed by atoms with van der Waals surface area (Å²) in [6.45, 7) is 3.11. The minimum absolute atomic E-state index is 0.485. The van der Waals surface area contributed by atoms with Gasteiger partial charge in [-0.3, -0.25) is 0 Å². The summed E-state index contributed by atoms with van der Waals surface area (Å²) in [4.78, 5) is 4.34. The molecule has 2 rings (SSSR count). The average Bonchev–Trinajstić information content (AvgIpc) is 2.35. The van der Waals surface area contributed by atoms with Gasteiger partial charge in [-0.15, -0.1) is 0 Å². The Morgan fingerprint density at radius 2 is 2.12 bits per heavy atom. The Morgan fingerprint density at radius 3 is 2.82 bits per heavy atom. The molecular formula is C13H14ClNO2. The van der Waals surface area contributed by atoms with Crippen molar-refractivity contribution < 1.29 is 9.47 Å². The molecule has 2 aromatic rings. The molecule has 1 aromatic heterocycles. The molecule has 17 heavy (non-hydrogen) atoms. The highest BCUT2D eigenvalue weighted by molar-refractivity contribution is 6.30. The smallest absolute Gasteiger partial charge is 0.135 e. The number of nitrogens with zero attached hydrogens (tertiary/aromatic N) is 1. The molecule has 0 radical (unpaired) electrons. The first kappa shape index (κ1) is 12.1. The minimum Gasteiger partial charge on any atom is -0.497 e. The van der Waals surface area contributed by atoms with Gasteiger partial charge >= 0.3 is 0 Å². The molecule has 0 unspecified atom stereocenters. The summed E-state index contributed by atoms with van der Waals surface area (Å²) < 4.78 is 10.5. The van der Waals surface area contributed by atoms with Gasteiger partial charge in [-0.1, -0.05) is 11.6 Å². The summed E-state index contributed by atoms with van der Waals surface area (Å²) in [6.07, 6.45) is 0. The van der Waals surface area contributed by atoms with Crippen LogP contribution in [0.15, 0.2) is 24.3 Å². The molecule has 0 amide bonds. The lowest BCUT2D eigenvalue weighted by Gasteiger charge is -2.07. The van der Waals surface area contributed by atoms with E-state index in [1.54, 1.807) is 7.11 Å². The van der Waals surface area contributed by atoms with E-state index in [2.05, 4.69) is 4.98 Å². The number of rotatable bonds is 4. The normalized spacial score (nSPS) is 10.8. The monoisotopic (exact) mass is 251 g/mol. The zero-order valence-electron chi connectivity index (χ0n) is 9.87. The fraction of sp³-hybridized carbons (Fsp3) is 0.308. The van der Waals surface area contributed by atoms with E-state index in [4.69, 9.17) is 21.1 Å². The molecule has 0 spiro atoms. The van der Waals surface area contributed by atoms with Crippen molar-refractivity contribution >= 4 is 22.5 Å². The van der Waals surface area contributed by atoms with E-state index < -0.39 is 0 Å². The predicted molar refractivity (Wildman–Crippen MR) is 68.6 cm³/mol. The molecule has 4 heteroatoms. The summed E-state index contributed by atoms with van der Waals surface area (Å²) in [5, 5.41) is 1.52. The summed E-state index contributed by atoms with van der Waals surface area (Å²) in [6, 6.07) is 7.74. The highest BCUT2D eigenvalue weighted by atomic mass is 35.5. The summed E-state index contributed by atoms with van der Waals surface area (Å²) >= 11 is 6.10. The average molecular weight is 252 g/mol. The van der Waals surface area contributed by atoms with Crippen LogP contribution in [0.5, 0.6) is 5.75 Å². The van der Waals surface area contributed by atoms with Gasteiger partial charge in [0, 0.05) is 23.6 Å². The van der Waals surface area contributed by atoms with Crippen LogP contribution in [0, 0.1) is 0 Å². The van der Waals surface area contributed by atoms with Crippen LogP contribution in [0.4, 0.5) is 0 Å². The number of methoxy groups -OCH3 is 1. The van der Waals surface area contributed by atoms with Crippen LogP contribution in [0.2, 0.25) is 5.15 Å². The van der Waals surface area contributed by atoms with Crippen LogP contribution in [0.25, 0.3) is 10.9 Å². The summed E-state index contributed by atoms with van der Waals surface area (Å²) in [5.41, 5.74) is 1.74. The van der Waals surface area contributed by atoms with E-state index in [0.29, 0.717) is 18.4 Å². The van der Waals surface area contributed by atoms with E-state index in [1.807, 2.05) is 31.2 Å². The highest BCUT2D eigenvalue weighted by Gasteiger charge is 2.05. The molecule has 0 aliphatic rings. The Labute approximate surface area is 105 Å². The van der Waals surface area contributed by atoms with Crippen LogP contribution >= 0.6 is 11.6 Å². The third-order valence-corrected chi connectivity index (χ3v) is 2.84. The maximum Gasteiger partial charge on any atom is 0.135 e. The molecule has 0 fully saturated rings. The van der Waals surface area contributed by atoms with Gasteiger partial charge in [-0.2, -0.15) is 0 Å². The van der Waals surface area contributed by atoms with Gasteiger partial charge in [0.05, 0.1) is 19.2 Å². The van der Waals surface area contributed by atoms with Crippen molar-refractivity contribution in [3.63, 3.8) is 0 Å². The van der Waals surface area contributed by atoms with Crippen LogP contribution in [-0.2, 0) is 11.3 Å². The van der Waals surface area contributed by atoms with E-state index in [1.165, 1.54) is 0 Å². The van der Waals surface area contributed by atoms with Crippen molar-refractivity contribution in [2.24, 2.45) is 0 Å². The zero-order valence-corrected chi connectivity index (χ0v) is 10.6. The quantitative estimate of drug-likeness (QED) is 0.780. The second-order valence-corrected chi connectivity index (χ2v) is 3.99. The van der Waals surface area contributed by atoms with Crippen molar-refractivity contribution in [3.05, 3.63) is 35.0 Å². The first-order valence-corrected chi connectivity index (χ1v) is 5.83. The largest absolute Gasteiger partial charge is 0.497 e. The second-order valence-electron chi connectivity index (χ2n) is 3.63. The standard InChI is InChI=1S/C13H14ClNO2/c1-3-17-8-10-6-9-4-5-11(16-2)7-12(9)15-13(10)14/h4-7H,3,8H2,1-2H3. The topological polar surface area (TPSA) is 31.4 Å². The molecule has 1 aromatic carbocycles. The maximum atomic E-state index is 6.10.